The Bertz CT molecular complexity index is 1520. The predicted molar refractivity (Wildman–Crippen MR) is 554 cm³/mol. The van der Waals surface area contributed by atoms with Gasteiger partial charge in [0.2, 0.25) is 0 Å². The van der Waals surface area contributed by atoms with Crippen LogP contribution in [0.15, 0.2) is 133 Å². The van der Waals surface area contributed by atoms with E-state index in [4.69, 9.17) is 4.74 Å². The van der Waals surface area contributed by atoms with E-state index in [9.17, 15) is 4.79 Å². The van der Waals surface area contributed by atoms with E-state index in [1.54, 1.807) is 12.6 Å². The van der Waals surface area contributed by atoms with Crippen LogP contribution in [0, 0.1) is 0 Å². The van der Waals surface area contributed by atoms with Gasteiger partial charge in [0.1, 0.15) is 13.2 Å². The molecule has 0 aromatic rings. The SMILES string of the molecule is C.C1=NCCNN1.C1=NNCCC1.C1=NNCCO1.C1=NOCCC1.C=C1C=CCC1.C=C1C=CCCC1.C=C1C=NCC1.C=C1CCC=N1.C=C1CCCC1.C=C1CCCCC1.CC.CC.CC.CC.CC.CC.CC.CC.CC.CC.CC.CC.CC.CC.CC.CC.CC.CC.CC.CC.CC.CC.O=C1C=NCCC1. The fraction of sp³-hybridized carbons (Fsp3) is 0.760. The van der Waals surface area contributed by atoms with Gasteiger partial charge in [0.05, 0.1) is 25.6 Å². The van der Waals surface area contributed by atoms with Crippen LogP contribution in [0.3, 0.4) is 0 Å². The Labute approximate surface area is 726 Å². The third-order valence-electron chi connectivity index (χ3n) is 10.4. The van der Waals surface area contributed by atoms with Gasteiger partial charge in [0.25, 0.3) is 0 Å². The van der Waals surface area contributed by atoms with Gasteiger partial charge in [0.15, 0.2) is 12.2 Å². The molecule has 0 bridgehead atoms. The minimum Gasteiger partial charge on any atom is -0.480 e. The van der Waals surface area contributed by atoms with Gasteiger partial charge in [-0.05, 0) is 140 Å². The molecule has 14 nitrogen and oxygen atoms in total. The topological polar surface area (TPSA) is 170 Å². The summed E-state index contributed by atoms with van der Waals surface area (Å²) < 4.78 is 4.72. The Hall–Kier alpha value is -5.76. The highest BCUT2D eigenvalue weighted by Gasteiger charge is 2.02. The first-order valence-corrected chi connectivity index (χ1v) is 47.4. The Balaban J connectivity index is -0.0000000363. The van der Waals surface area contributed by atoms with Crippen molar-refractivity contribution in [1.82, 2.24) is 21.7 Å². The summed E-state index contributed by atoms with van der Waals surface area (Å²) in [4.78, 5) is 30.5. The largest absolute Gasteiger partial charge is 0.480 e. The molecule has 7 heterocycles. The van der Waals surface area contributed by atoms with Gasteiger partial charge in [0, 0.05) is 63.2 Å². The van der Waals surface area contributed by atoms with E-state index in [0.29, 0.717) is 6.42 Å². The summed E-state index contributed by atoms with van der Waals surface area (Å²) >= 11 is 0. The number of Topliss-reactive ketones (excluding diaryl/α,β-unsaturated/α-hetero) is 1. The van der Waals surface area contributed by atoms with Gasteiger partial charge < -0.3 is 25.9 Å². The number of ether oxygens (including phenoxy) is 1. The van der Waals surface area contributed by atoms with Crippen LogP contribution in [0.4, 0.5) is 0 Å². The Morgan fingerprint density at radius 1 is 0.333 bits per heavy atom. The standard InChI is InChI=1S/C7H12.C7H10.C6H10.C6H8.C5H7NO.2C5H7N.C4H8N2.C4H7NO.C3H7N3.C3H6N2O.22C2H6.CH4/c2*1-7-5-3-2-4-6-7;2*1-6-4-2-3-5-6;7-5-2-1-3-6-4-5;1-5-2-3-6-4-5;1-5-3-2-4-6-5;2*1-2-4-6-5-3-1;1-2-5-6-3-4-1;1-2-6-3-5-4-1;22*1-2;/h1-6H2;3,5H,1-2,4,6H2;1-5H2;2,4H,1,3,5H2;4H,1-3H2;2*4H,1-3H2;3,6H,1-2,4H2;3H,1-2,4H2;3,5H,1-2H2,(H,4,6);3-4H,1-2H2;22*1-2H3;1H4. The lowest BCUT2D eigenvalue weighted by Crippen LogP contribution is -2.36. The number of nitrogens with one attached hydrogen (secondary N) is 4. The molecule has 2 fully saturated rings. The van der Waals surface area contributed by atoms with Gasteiger partial charge in [-0.15, -0.1) is 5.10 Å². The van der Waals surface area contributed by atoms with Crippen LogP contribution < -0.4 is 21.7 Å². The van der Waals surface area contributed by atoms with Crippen molar-refractivity contribution < 1.29 is 14.4 Å². The lowest BCUT2D eigenvalue weighted by atomic mass is 9.97. The van der Waals surface area contributed by atoms with E-state index < -0.39 is 0 Å². The monoisotopic (exact) mass is 1630 g/mol. The predicted octanol–water partition coefficient (Wildman–Crippen LogP) is 34.6. The first-order chi connectivity index (χ1) is 55.8. The lowest BCUT2D eigenvalue weighted by Gasteiger charge is -2.10. The number of hydrazine groups is 1. The fourth-order valence-electron chi connectivity index (χ4n) is 6.35. The first kappa shape index (κ1) is 171. The van der Waals surface area contributed by atoms with Gasteiger partial charge in [-0.25, -0.2) is 5.43 Å². The summed E-state index contributed by atoms with van der Waals surface area (Å²) in [6.45, 7) is 118. The van der Waals surface area contributed by atoms with Crippen LogP contribution in [0.1, 0.15) is 460 Å². The highest BCUT2D eigenvalue weighted by Crippen LogP contribution is 2.21. The van der Waals surface area contributed by atoms with Crippen molar-refractivity contribution in [2.75, 3.05) is 52.5 Å². The van der Waals surface area contributed by atoms with E-state index in [2.05, 4.69) is 126 Å². The maximum absolute atomic E-state index is 10.3. The minimum absolute atomic E-state index is 0. The van der Waals surface area contributed by atoms with Crippen LogP contribution in [0.2, 0.25) is 0 Å². The first-order valence-electron chi connectivity index (χ1n) is 47.4. The maximum atomic E-state index is 10.3. The van der Waals surface area contributed by atoms with Crippen molar-refractivity contribution in [2.45, 2.75) is 460 Å². The van der Waals surface area contributed by atoms with E-state index in [1.807, 2.05) is 323 Å². The molecular weight excluding hydrogens is 1400 g/mol. The summed E-state index contributed by atoms with van der Waals surface area (Å²) in [6, 6.07) is 0. The molecule has 0 aromatic carbocycles. The molecule has 0 saturated heterocycles. The van der Waals surface area contributed by atoms with Crippen LogP contribution in [-0.2, 0) is 14.4 Å². The number of rotatable bonds is 0. The molecule has 2 saturated carbocycles. The van der Waals surface area contributed by atoms with Gasteiger partial charge in [-0.1, -0.05) is 410 Å². The zero-order valence-corrected chi connectivity index (χ0v) is 86.4. The van der Waals surface area contributed by atoms with E-state index in [1.165, 1.54) is 131 Å². The average Bonchev–Trinajstić information content (AvgIpc) is 1.13. The second kappa shape index (κ2) is 245. The number of hydrogen-bond donors (Lipinski definition) is 4. The molecule has 4 N–H and O–H groups in total. The summed E-state index contributed by atoms with van der Waals surface area (Å²) in [7, 11) is 0. The number of ketones is 1. The Morgan fingerprint density at radius 2 is 0.763 bits per heavy atom. The number of allylic oxidation sites excluding steroid dienone is 9. The fourth-order valence-corrected chi connectivity index (χ4v) is 6.35. The molecule has 0 unspecified atom stereocenters. The van der Waals surface area contributed by atoms with Crippen molar-refractivity contribution >= 4 is 49.6 Å². The smallest absolute Gasteiger partial charge is 0.192 e. The van der Waals surface area contributed by atoms with Crippen molar-refractivity contribution in [3.05, 3.63) is 97.3 Å². The highest BCUT2D eigenvalue weighted by atomic mass is 16.6. The number of nitrogens with zero attached hydrogens (tertiary/aromatic N) is 7. The second-order valence-corrected chi connectivity index (χ2v) is 17.0. The summed E-state index contributed by atoms with van der Waals surface area (Å²) in [5.41, 5.74) is 18.9. The van der Waals surface area contributed by atoms with E-state index in [0.717, 1.165) is 109 Å². The maximum Gasteiger partial charge on any atom is 0.192 e. The van der Waals surface area contributed by atoms with Gasteiger partial charge >= 0.3 is 0 Å². The van der Waals surface area contributed by atoms with Gasteiger partial charge in [-0.3, -0.25) is 24.8 Å². The number of aliphatic imine (C=N–C) groups is 4. The summed E-state index contributed by atoms with van der Waals surface area (Å²) in [5, 5.41) is 10.9. The third-order valence-corrected chi connectivity index (χ3v) is 10.4. The van der Waals surface area contributed by atoms with Crippen molar-refractivity contribution in [2.24, 2.45) is 35.3 Å². The quantitative estimate of drug-likeness (QED) is 0.175. The molecule has 0 atom stereocenters. The molecule has 698 valence electrons. The normalized spacial score (nSPS) is 13.5. The number of hydrogen-bond acceptors (Lipinski definition) is 14. The molecule has 114 heavy (non-hydrogen) atoms. The second-order valence-electron chi connectivity index (χ2n) is 17.0. The van der Waals surface area contributed by atoms with Crippen molar-refractivity contribution in [3.8, 4) is 0 Å². The Morgan fingerprint density at radius 3 is 0.877 bits per heavy atom. The Kier molecular flexibility index (Phi) is 369. The van der Waals surface area contributed by atoms with E-state index in [-0.39, 0.29) is 13.2 Å². The molecule has 0 spiro atoms. The average molecular weight is 1630 g/mol. The number of hydrazone groups is 2. The zero-order valence-electron chi connectivity index (χ0n) is 86.4. The zero-order chi connectivity index (χ0) is 93.9. The van der Waals surface area contributed by atoms with E-state index >= 15 is 0 Å². The van der Waals surface area contributed by atoms with Crippen LogP contribution >= 0.6 is 0 Å². The molecule has 0 radical (unpaired) electrons. The molecule has 11 rings (SSSR count). The van der Waals surface area contributed by atoms with Crippen LogP contribution in [0.5, 0.6) is 0 Å². The number of oxime groups is 1. The minimum atomic E-state index is 0. The third kappa shape index (κ3) is 238. The molecular formula is C100H225N11O3. The summed E-state index contributed by atoms with van der Waals surface area (Å²) in [6.07, 6.45) is 48.2. The summed E-state index contributed by atoms with van der Waals surface area (Å²) in [5.74, 6) is 0.172. The molecule has 7 aliphatic heterocycles. The molecule has 0 amide bonds. The van der Waals surface area contributed by atoms with Crippen LogP contribution in [-0.4, -0.2) is 102 Å². The van der Waals surface area contributed by atoms with Gasteiger partial charge in [-0.2, -0.15) is 5.10 Å². The number of carbonyl (C=O) groups excluding carboxylic acids is 1. The lowest BCUT2D eigenvalue weighted by molar-refractivity contribution is -0.112. The molecule has 14 heteroatoms. The van der Waals surface area contributed by atoms with Crippen molar-refractivity contribution in [3.63, 3.8) is 0 Å². The number of carbonyl (C=O) groups is 1. The van der Waals surface area contributed by atoms with Crippen molar-refractivity contribution in [1.29, 1.82) is 0 Å². The molecule has 11 aliphatic rings. The van der Waals surface area contributed by atoms with Crippen LogP contribution in [0.25, 0.3) is 0 Å². The molecule has 4 aliphatic carbocycles. The molecule has 0 aromatic heterocycles. The highest BCUT2D eigenvalue weighted by molar-refractivity contribution is 6.27.